The summed E-state index contributed by atoms with van der Waals surface area (Å²) < 4.78 is 1.86. The van der Waals surface area contributed by atoms with Crippen molar-refractivity contribution < 1.29 is 0 Å². The predicted molar refractivity (Wildman–Crippen MR) is 80.2 cm³/mol. The average Bonchev–Trinajstić information content (AvgIpc) is 2.93. The van der Waals surface area contributed by atoms with E-state index < -0.39 is 0 Å². The Morgan fingerprint density at radius 1 is 1.20 bits per heavy atom. The molecule has 0 spiro atoms. The highest BCUT2D eigenvalue weighted by Gasteiger charge is 2.16. The van der Waals surface area contributed by atoms with Crippen LogP contribution in [0.15, 0.2) is 54.9 Å². The number of nitrogens with one attached hydrogen (secondary N) is 1. The zero-order chi connectivity index (χ0) is 13.9. The molecule has 3 N–H and O–H groups in total. The molecule has 0 saturated heterocycles. The first-order valence-corrected chi connectivity index (χ1v) is 6.80. The maximum atomic E-state index is 5.77. The smallest absolute Gasteiger partial charge is 0.0747 e. The first-order chi connectivity index (χ1) is 9.83. The number of rotatable bonds is 4. The highest BCUT2D eigenvalue weighted by molar-refractivity contribution is 5.57. The van der Waals surface area contributed by atoms with Crippen LogP contribution < -0.4 is 11.3 Å². The molecule has 2 heterocycles. The van der Waals surface area contributed by atoms with E-state index in [0.717, 1.165) is 23.1 Å². The Hall–Kier alpha value is -2.17. The summed E-state index contributed by atoms with van der Waals surface area (Å²) in [7, 11) is 0. The molecule has 0 aliphatic rings. The summed E-state index contributed by atoms with van der Waals surface area (Å²) in [6, 6.07) is 14.5. The third kappa shape index (κ3) is 2.19. The second-order valence-electron chi connectivity index (χ2n) is 4.83. The molecule has 3 aromatic rings. The van der Waals surface area contributed by atoms with E-state index in [9.17, 15) is 0 Å². The van der Waals surface area contributed by atoms with Crippen LogP contribution in [0.1, 0.15) is 29.7 Å². The first kappa shape index (κ1) is 12.8. The third-order valence-corrected chi connectivity index (χ3v) is 3.66. The van der Waals surface area contributed by atoms with Crippen LogP contribution in [0.2, 0.25) is 0 Å². The summed E-state index contributed by atoms with van der Waals surface area (Å²) in [5.41, 5.74) is 7.51. The van der Waals surface area contributed by atoms with Gasteiger partial charge in [-0.2, -0.15) is 5.10 Å². The number of hydrazine groups is 1. The number of nitrogens with two attached hydrogens (primary N) is 1. The Labute approximate surface area is 118 Å². The van der Waals surface area contributed by atoms with E-state index in [2.05, 4.69) is 41.7 Å². The molecule has 0 aliphatic carbocycles. The van der Waals surface area contributed by atoms with Crippen LogP contribution in [0, 0.1) is 0 Å². The Balaban J connectivity index is 2.04. The minimum absolute atomic E-state index is 0.0548. The lowest BCUT2D eigenvalue weighted by Crippen LogP contribution is -2.28. The normalized spacial score (nSPS) is 12.7. The van der Waals surface area contributed by atoms with Crippen LogP contribution in [-0.4, -0.2) is 9.61 Å². The van der Waals surface area contributed by atoms with Crippen LogP contribution in [-0.2, 0) is 6.42 Å². The van der Waals surface area contributed by atoms with Gasteiger partial charge >= 0.3 is 0 Å². The topological polar surface area (TPSA) is 55.3 Å². The van der Waals surface area contributed by atoms with E-state index in [1.165, 1.54) is 5.56 Å². The van der Waals surface area contributed by atoms with Gasteiger partial charge in [-0.25, -0.2) is 9.94 Å². The highest BCUT2D eigenvalue weighted by atomic mass is 15.3. The largest absolute Gasteiger partial charge is 0.271 e. The number of hydrogen-bond donors (Lipinski definition) is 2. The SMILES string of the molecule is CCc1ccc(C(NN)c2cnn3ccccc23)cc1. The lowest BCUT2D eigenvalue weighted by atomic mass is 9.99. The van der Waals surface area contributed by atoms with E-state index in [1.54, 1.807) is 0 Å². The first-order valence-electron chi connectivity index (χ1n) is 6.80. The minimum Gasteiger partial charge on any atom is -0.271 e. The summed E-state index contributed by atoms with van der Waals surface area (Å²) in [4.78, 5) is 0. The molecule has 0 radical (unpaired) electrons. The van der Waals surface area contributed by atoms with Gasteiger partial charge in [0, 0.05) is 11.8 Å². The van der Waals surface area contributed by atoms with Crippen molar-refractivity contribution in [1.29, 1.82) is 0 Å². The molecule has 0 aliphatic heterocycles. The lowest BCUT2D eigenvalue weighted by Gasteiger charge is -2.16. The molecule has 0 amide bonds. The molecular weight excluding hydrogens is 248 g/mol. The molecule has 0 bridgehead atoms. The third-order valence-electron chi connectivity index (χ3n) is 3.66. The number of aromatic nitrogens is 2. The summed E-state index contributed by atoms with van der Waals surface area (Å²) in [6.07, 6.45) is 4.85. The van der Waals surface area contributed by atoms with E-state index in [0.29, 0.717) is 0 Å². The van der Waals surface area contributed by atoms with Gasteiger partial charge in [0.25, 0.3) is 0 Å². The number of aryl methyl sites for hydroxylation is 1. The van der Waals surface area contributed by atoms with Crippen molar-refractivity contribution in [1.82, 2.24) is 15.0 Å². The predicted octanol–water partition coefficient (Wildman–Crippen LogP) is 2.45. The molecule has 1 aromatic carbocycles. The average molecular weight is 266 g/mol. The number of pyridine rings is 1. The van der Waals surface area contributed by atoms with Gasteiger partial charge in [0.2, 0.25) is 0 Å². The molecular formula is C16H18N4. The zero-order valence-electron chi connectivity index (χ0n) is 11.5. The zero-order valence-corrected chi connectivity index (χ0v) is 11.5. The fraction of sp³-hybridized carbons (Fsp3) is 0.188. The van der Waals surface area contributed by atoms with Gasteiger partial charge in [0.05, 0.1) is 17.8 Å². The van der Waals surface area contributed by atoms with Crippen molar-refractivity contribution in [2.24, 2.45) is 5.84 Å². The Bertz CT molecular complexity index is 700. The van der Waals surface area contributed by atoms with Crippen LogP contribution in [0.4, 0.5) is 0 Å². The molecule has 3 rings (SSSR count). The fourth-order valence-electron chi connectivity index (χ4n) is 2.49. The Kier molecular flexibility index (Phi) is 3.50. The maximum Gasteiger partial charge on any atom is 0.0747 e. The summed E-state index contributed by atoms with van der Waals surface area (Å²) in [6.45, 7) is 2.15. The summed E-state index contributed by atoms with van der Waals surface area (Å²) in [5.74, 6) is 5.77. The van der Waals surface area contributed by atoms with Crippen LogP contribution >= 0.6 is 0 Å². The molecule has 2 aromatic heterocycles. The summed E-state index contributed by atoms with van der Waals surface area (Å²) in [5, 5.41) is 4.37. The van der Waals surface area contributed by atoms with Gasteiger partial charge in [-0.3, -0.25) is 5.84 Å². The number of hydrogen-bond acceptors (Lipinski definition) is 3. The van der Waals surface area contributed by atoms with Crippen molar-refractivity contribution in [3.63, 3.8) is 0 Å². The van der Waals surface area contributed by atoms with E-state index in [-0.39, 0.29) is 6.04 Å². The van der Waals surface area contributed by atoms with Gasteiger partial charge in [-0.05, 0) is 29.7 Å². The Morgan fingerprint density at radius 2 is 2.00 bits per heavy atom. The lowest BCUT2D eigenvalue weighted by molar-refractivity contribution is 0.640. The van der Waals surface area contributed by atoms with Crippen LogP contribution in [0.25, 0.3) is 5.52 Å². The van der Waals surface area contributed by atoms with Crippen molar-refractivity contribution in [2.75, 3.05) is 0 Å². The standard InChI is InChI=1S/C16H18N4/c1-2-12-6-8-13(9-7-12)16(19-17)14-11-18-20-10-4-3-5-15(14)20/h3-11,16,19H,2,17H2,1H3. The van der Waals surface area contributed by atoms with Gasteiger partial charge < -0.3 is 0 Å². The van der Waals surface area contributed by atoms with Crippen molar-refractivity contribution in [3.8, 4) is 0 Å². The van der Waals surface area contributed by atoms with Gasteiger partial charge in [-0.15, -0.1) is 0 Å². The van der Waals surface area contributed by atoms with Crippen molar-refractivity contribution >= 4 is 5.52 Å². The molecule has 0 fully saturated rings. The second kappa shape index (κ2) is 5.45. The van der Waals surface area contributed by atoms with Crippen molar-refractivity contribution in [3.05, 3.63) is 71.5 Å². The van der Waals surface area contributed by atoms with E-state index in [1.807, 2.05) is 35.1 Å². The molecule has 1 unspecified atom stereocenters. The minimum atomic E-state index is -0.0548. The molecule has 4 nitrogen and oxygen atoms in total. The molecule has 1 atom stereocenters. The van der Waals surface area contributed by atoms with Crippen LogP contribution in [0.5, 0.6) is 0 Å². The van der Waals surface area contributed by atoms with Gasteiger partial charge in [0.1, 0.15) is 0 Å². The number of nitrogens with zero attached hydrogens (tertiary/aromatic N) is 2. The number of fused-ring (bicyclic) bond motifs is 1. The molecule has 20 heavy (non-hydrogen) atoms. The summed E-state index contributed by atoms with van der Waals surface area (Å²) >= 11 is 0. The van der Waals surface area contributed by atoms with Crippen molar-refractivity contribution in [2.45, 2.75) is 19.4 Å². The van der Waals surface area contributed by atoms with Crippen LogP contribution in [0.3, 0.4) is 0 Å². The van der Waals surface area contributed by atoms with Gasteiger partial charge in [0.15, 0.2) is 0 Å². The molecule has 0 saturated carbocycles. The Morgan fingerprint density at radius 3 is 2.70 bits per heavy atom. The maximum absolute atomic E-state index is 5.77. The van der Waals surface area contributed by atoms with E-state index in [4.69, 9.17) is 5.84 Å². The quantitative estimate of drug-likeness (QED) is 0.563. The molecule has 102 valence electrons. The highest BCUT2D eigenvalue weighted by Crippen LogP contribution is 2.25. The molecule has 4 heteroatoms. The number of benzene rings is 1. The monoisotopic (exact) mass is 266 g/mol. The second-order valence-corrected chi connectivity index (χ2v) is 4.83. The van der Waals surface area contributed by atoms with Gasteiger partial charge in [-0.1, -0.05) is 37.3 Å². The van der Waals surface area contributed by atoms with E-state index >= 15 is 0 Å². The fourth-order valence-corrected chi connectivity index (χ4v) is 2.49.